The van der Waals surface area contributed by atoms with Gasteiger partial charge in [0.25, 0.3) is 0 Å². The van der Waals surface area contributed by atoms with Crippen LogP contribution < -0.4 is 0 Å². The highest BCUT2D eigenvalue weighted by Gasteiger charge is 2.23. The first-order chi connectivity index (χ1) is 7.15. The summed E-state index contributed by atoms with van der Waals surface area (Å²) in [6.07, 6.45) is 3.92. The number of halogens is 3. The monoisotopic (exact) mass is 230 g/mol. The van der Waals surface area contributed by atoms with E-state index in [1.165, 1.54) is 12.1 Å². The fourth-order valence-corrected chi connectivity index (χ4v) is 2.58. The zero-order valence-electron chi connectivity index (χ0n) is 8.35. The molecule has 0 amide bonds. The summed E-state index contributed by atoms with van der Waals surface area (Å²) in [6, 6.07) is 4.13. The Labute approximate surface area is 93.2 Å². The Kier molecular flexibility index (Phi) is 3.25. The van der Waals surface area contributed by atoms with Crippen LogP contribution >= 0.6 is 11.6 Å². The molecule has 82 valence electrons. The van der Waals surface area contributed by atoms with Crippen LogP contribution in [0.2, 0.25) is 0 Å². The lowest BCUT2D eigenvalue weighted by Gasteiger charge is -2.09. The van der Waals surface area contributed by atoms with Gasteiger partial charge in [-0.05, 0) is 49.3 Å². The fourth-order valence-electron chi connectivity index (χ4n) is 2.20. The highest BCUT2D eigenvalue weighted by molar-refractivity contribution is 6.20. The summed E-state index contributed by atoms with van der Waals surface area (Å²) in [5.74, 6) is -1.01. The topological polar surface area (TPSA) is 0 Å². The van der Waals surface area contributed by atoms with Crippen LogP contribution in [-0.2, 0) is 6.42 Å². The van der Waals surface area contributed by atoms with Crippen molar-refractivity contribution >= 4 is 11.6 Å². The molecule has 15 heavy (non-hydrogen) atoms. The van der Waals surface area contributed by atoms with Crippen molar-refractivity contribution in [1.29, 1.82) is 0 Å². The molecule has 3 heteroatoms. The van der Waals surface area contributed by atoms with Crippen LogP contribution in [0.25, 0.3) is 0 Å². The molecule has 0 radical (unpaired) electrons. The average molecular weight is 231 g/mol. The number of benzene rings is 1. The van der Waals surface area contributed by atoms with Crippen molar-refractivity contribution in [1.82, 2.24) is 0 Å². The van der Waals surface area contributed by atoms with Crippen molar-refractivity contribution in [2.45, 2.75) is 31.1 Å². The van der Waals surface area contributed by atoms with E-state index in [2.05, 4.69) is 0 Å². The lowest BCUT2D eigenvalue weighted by Crippen LogP contribution is -2.01. The van der Waals surface area contributed by atoms with Gasteiger partial charge in [0.05, 0.1) is 0 Å². The minimum Gasteiger partial charge on any atom is -0.204 e. The standard InChI is InChI=1S/C12H13ClF2/c13-10-3-1-8(6-10)5-9-2-4-11(14)12(15)7-9/h2,4,7-8,10H,1,3,5-6H2. The minimum absolute atomic E-state index is 0.264. The van der Waals surface area contributed by atoms with Crippen LogP contribution in [0.5, 0.6) is 0 Å². The molecule has 0 aromatic heterocycles. The first-order valence-electron chi connectivity index (χ1n) is 5.23. The molecule has 1 saturated carbocycles. The van der Waals surface area contributed by atoms with Gasteiger partial charge >= 0.3 is 0 Å². The summed E-state index contributed by atoms with van der Waals surface area (Å²) in [6.45, 7) is 0. The molecular weight excluding hydrogens is 218 g/mol. The van der Waals surface area contributed by atoms with E-state index in [9.17, 15) is 8.78 Å². The van der Waals surface area contributed by atoms with E-state index in [0.29, 0.717) is 5.92 Å². The minimum atomic E-state index is -0.777. The van der Waals surface area contributed by atoms with Crippen LogP contribution in [0.15, 0.2) is 18.2 Å². The molecule has 0 spiro atoms. The molecule has 2 rings (SSSR count). The highest BCUT2D eigenvalue weighted by Crippen LogP contribution is 2.32. The van der Waals surface area contributed by atoms with Crippen LogP contribution in [-0.4, -0.2) is 5.38 Å². The fraction of sp³-hybridized carbons (Fsp3) is 0.500. The summed E-state index contributed by atoms with van der Waals surface area (Å²) in [5.41, 5.74) is 0.865. The average Bonchev–Trinajstić information content (AvgIpc) is 2.58. The lowest BCUT2D eigenvalue weighted by atomic mass is 9.98. The van der Waals surface area contributed by atoms with Crippen molar-refractivity contribution in [3.05, 3.63) is 35.4 Å². The number of alkyl halides is 1. The molecule has 0 saturated heterocycles. The lowest BCUT2D eigenvalue weighted by molar-refractivity contribution is 0.501. The van der Waals surface area contributed by atoms with Crippen molar-refractivity contribution in [2.75, 3.05) is 0 Å². The van der Waals surface area contributed by atoms with Crippen LogP contribution in [0.4, 0.5) is 8.78 Å². The van der Waals surface area contributed by atoms with E-state index >= 15 is 0 Å². The molecule has 1 aliphatic carbocycles. The third-order valence-electron chi connectivity index (χ3n) is 2.99. The molecule has 2 atom stereocenters. The van der Waals surface area contributed by atoms with Gasteiger partial charge in [-0.2, -0.15) is 0 Å². The summed E-state index contributed by atoms with van der Waals surface area (Å²) in [4.78, 5) is 0. The molecular formula is C12H13ClF2. The van der Waals surface area contributed by atoms with E-state index in [-0.39, 0.29) is 5.38 Å². The quantitative estimate of drug-likeness (QED) is 0.676. The predicted molar refractivity (Wildman–Crippen MR) is 57.0 cm³/mol. The summed E-state index contributed by atoms with van der Waals surface area (Å²) in [7, 11) is 0. The third kappa shape index (κ3) is 2.69. The maximum atomic E-state index is 12.9. The largest absolute Gasteiger partial charge is 0.204 e. The number of hydrogen-bond acceptors (Lipinski definition) is 0. The molecule has 0 aliphatic heterocycles. The smallest absolute Gasteiger partial charge is 0.159 e. The van der Waals surface area contributed by atoms with Gasteiger partial charge in [-0.3, -0.25) is 0 Å². The summed E-state index contributed by atoms with van der Waals surface area (Å²) >= 11 is 6.00. The third-order valence-corrected chi connectivity index (χ3v) is 3.38. The van der Waals surface area contributed by atoms with E-state index in [1.54, 1.807) is 6.07 Å². The van der Waals surface area contributed by atoms with E-state index in [4.69, 9.17) is 11.6 Å². The summed E-state index contributed by atoms with van der Waals surface area (Å²) in [5, 5.41) is 0.264. The van der Waals surface area contributed by atoms with Crippen molar-refractivity contribution < 1.29 is 8.78 Å². The number of rotatable bonds is 2. The SMILES string of the molecule is Fc1ccc(CC2CCC(Cl)C2)cc1F. The van der Waals surface area contributed by atoms with E-state index in [0.717, 1.165) is 31.2 Å². The van der Waals surface area contributed by atoms with Gasteiger partial charge in [-0.25, -0.2) is 8.78 Å². The van der Waals surface area contributed by atoms with Gasteiger partial charge in [0, 0.05) is 5.38 Å². The Balaban J connectivity index is 2.02. The molecule has 0 N–H and O–H groups in total. The molecule has 1 aromatic carbocycles. The van der Waals surface area contributed by atoms with Gasteiger partial charge in [0.1, 0.15) is 0 Å². The maximum absolute atomic E-state index is 12.9. The highest BCUT2D eigenvalue weighted by atomic mass is 35.5. The first kappa shape index (κ1) is 10.9. The van der Waals surface area contributed by atoms with Crippen molar-refractivity contribution in [3.63, 3.8) is 0 Å². The second-order valence-corrected chi connectivity index (χ2v) is 4.85. The van der Waals surface area contributed by atoms with Gasteiger partial charge < -0.3 is 0 Å². The molecule has 1 aromatic rings. The van der Waals surface area contributed by atoms with E-state index < -0.39 is 11.6 Å². The Morgan fingerprint density at radius 1 is 1.20 bits per heavy atom. The normalized spacial score (nSPS) is 25.8. The number of hydrogen-bond donors (Lipinski definition) is 0. The van der Waals surface area contributed by atoms with Crippen LogP contribution in [0.3, 0.4) is 0 Å². The van der Waals surface area contributed by atoms with Gasteiger partial charge in [-0.15, -0.1) is 11.6 Å². The molecule has 0 bridgehead atoms. The zero-order valence-corrected chi connectivity index (χ0v) is 9.11. The van der Waals surface area contributed by atoms with E-state index in [1.807, 2.05) is 0 Å². The second-order valence-electron chi connectivity index (χ2n) is 4.23. The van der Waals surface area contributed by atoms with Crippen molar-refractivity contribution in [2.24, 2.45) is 5.92 Å². The zero-order chi connectivity index (χ0) is 10.8. The Hall–Kier alpha value is -0.630. The molecule has 0 heterocycles. The Morgan fingerprint density at radius 2 is 2.00 bits per heavy atom. The first-order valence-corrected chi connectivity index (χ1v) is 5.67. The van der Waals surface area contributed by atoms with Crippen LogP contribution in [0, 0.1) is 17.6 Å². The van der Waals surface area contributed by atoms with Gasteiger partial charge in [0.2, 0.25) is 0 Å². The second kappa shape index (κ2) is 4.48. The predicted octanol–water partition coefficient (Wildman–Crippen LogP) is 3.91. The maximum Gasteiger partial charge on any atom is 0.159 e. The Morgan fingerprint density at radius 3 is 2.60 bits per heavy atom. The van der Waals surface area contributed by atoms with Gasteiger partial charge in [0.15, 0.2) is 11.6 Å². The van der Waals surface area contributed by atoms with Crippen LogP contribution in [0.1, 0.15) is 24.8 Å². The Bertz CT molecular complexity index is 351. The molecule has 1 aliphatic rings. The van der Waals surface area contributed by atoms with Crippen molar-refractivity contribution in [3.8, 4) is 0 Å². The molecule has 1 fully saturated rings. The summed E-state index contributed by atoms with van der Waals surface area (Å²) < 4.78 is 25.6. The molecule has 0 nitrogen and oxygen atoms in total. The van der Waals surface area contributed by atoms with Gasteiger partial charge in [-0.1, -0.05) is 6.07 Å². The molecule has 2 unspecified atom stereocenters.